The van der Waals surface area contributed by atoms with Crippen molar-refractivity contribution in [1.82, 2.24) is 0 Å². The summed E-state index contributed by atoms with van der Waals surface area (Å²) in [4.78, 5) is 20.6. The number of carbonyl (C=O) groups excluding carboxylic acids is 2. The Morgan fingerprint density at radius 3 is 1.03 bits per heavy atom. The van der Waals surface area contributed by atoms with Crippen molar-refractivity contribution >= 4 is 11.9 Å². The van der Waals surface area contributed by atoms with Crippen molar-refractivity contribution in [2.45, 2.75) is 13.1 Å². The number of nitrogens with zero attached hydrogens (tertiary/aromatic N) is 2. The molecule has 0 amide bonds. The molecule has 0 heterocycles. The molecule has 0 bridgehead atoms. The summed E-state index contributed by atoms with van der Waals surface area (Å²) in [5, 5.41) is 20.6. The molecule has 3 aromatic rings. The molecule has 0 aromatic heterocycles. The van der Waals surface area contributed by atoms with Gasteiger partial charge in [0.15, 0.2) is 0 Å². The van der Waals surface area contributed by atoms with Crippen LogP contribution in [-0.4, -0.2) is 63.2 Å². The van der Waals surface area contributed by atoms with Crippen LogP contribution in [0.25, 0.3) is 0 Å². The molecule has 182 valence electrons. The van der Waals surface area contributed by atoms with E-state index in [1.165, 1.54) is 23.3 Å². The molecule has 0 radical (unpaired) electrons. The van der Waals surface area contributed by atoms with Crippen LogP contribution in [0.4, 0.5) is 0 Å². The largest absolute Gasteiger partial charge is 0.545 e. The maximum Gasteiger partial charge on any atom is 0.104 e. The topological polar surface area (TPSA) is 80.3 Å². The van der Waals surface area contributed by atoms with Gasteiger partial charge in [-0.15, -0.1) is 0 Å². The van der Waals surface area contributed by atoms with E-state index < -0.39 is 11.9 Å². The molecule has 0 aliphatic heterocycles. The van der Waals surface area contributed by atoms with Crippen molar-refractivity contribution < 1.29 is 28.8 Å². The molecule has 0 saturated carbocycles. The smallest absolute Gasteiger partial charge is 0.104 e. The van der Waals surface area contributed by atoms with Crippen molar-refractivity contribution in [1.29, 1.82) is 0 Å². The zero-order valence-electron chi connectivity index (χ0n) is 21.0. The van der Waals surface area contributed by atoms with Gasteiger partial charge in [0, 0.05) is 22.3 Å². The first-order valence-electron chi connectivity index (χ1n) is 11.0. The highest BCUT2D eigenvalue weighted by atomic mass is 16.4. The summed E-state index contributed by atoms with van der Waals surface area (Å²) in [6.07, 6.45) is 0. The second-order valence-corrected chi connectivity index (χ2v) is 9.99. The third kappa shape index (κ3) is 12.5. The molecule has 0 aliphatic carbocycles. The van der Waals surface area contributed by atoms with Gasteiger partial charge in [0.25, 0.3) is 0 Å². The molecule has 0 fully saturated rings. The van der Waals surface area contributed by atoms with Gasteiger partial charge in [-0.3, -0.25) is 0 Å². The number of carboxylic acids is 2. The molecule has 6 heteroatoms. The number of aromatic carboxylic acids is 2. The Morgan fingerprint density at radius 2 is 0.794 bits per heavy atom. The lowest BCUT2D eigenvalue weighted by Crippen LogP contribution is -2.33. The summed E-state index contributed by atoms with van der Waals surface area (Å²) in [6, 6.07) is 26.3. The van der Waals surface area contributed by atoms with Crippen molar-refractivity contribution in [2.75, 3.05) is 42.3 Å². The predicted molar refractivity (Wildman–Crippen MR) is 131 cm³/mol. The molecule has 34 heavy (non-hydrogen) atoms. The van der Waals surface area contributed by atoms with Gasteiger partial charge in [0.1, 0.15) is 13.1 Å². The molecular weight excluding hydrogens is 428 g/mol. The summed E-state index contributed by atoms with van der Waals surface area (Å²) in [7, 11) is 13.2. The first-order valence-corrected chi connectivity index (χ1v) is 11.0. The molecule has 6 nitrogen and oxygen atoms in total. The van der Waals surface area contributed by atoms with E-state index in [4.69, 9.17) is 0 Å². The van der Waals surface area contributed by atoms with Crippen LogP contribution in [0.5, 0.6) is 0 Å². The van der Waals surface area contributed by atoms with Gasteiger partial charge in [0.05, 0.1) is 54.2 Å². The number of benzene rings is 3. The Balaban J connectivity index is 0.000000255. The highest BCUT2D eigenvalue weighted by Gasteiger charge is 2.07. The molecule has 3 aromatic carbocycles. The first kappa shape index (κ1) is 28.6. The molecule has 0 N–H and O–H groups in total. The monoisotopic (exact) mass is 464 g/mol. The zero-order chi connectivity index (χ0) is 25.8. The first-order chi connectivity index (χ1) is 15.8. The van der Waals surface area contributed by atoms with E-state index in [1.807, 2.05) is 0 Å². The number of carboxylic acid groups (broad SMARTS) is 2. The Kier molecular flexibility index (Phi) is 11.2. The number of carbonyl (C=O) groups is 2. The van der Waals surface area contributed by atoms with Crippen LogP contribution in [0, 0.1) is 0 Å². The Labute approximate surface area is 203 Å². The minimum Gasteiger partial charge on any atom is -0.545 e. The van der Waals surface area contributed by atoms with Crippen LogP contribution >= 0.6 is 0 Å². The number of rotatable bonds is 6. The molecular formula is C28H36N2O4. The summed E-state index contributed by atoms with van der Waals surface area (Å²) in [6.45, 7) is 2.20. The van der Waals surface area contributed by atoms with E-state index in [0.29, 0.717) is 0 Å². The van der Waals surface area contributed by atoms with Crippen molar-refractivity contribution in [3.63, 3.8) is 0 Å². The number of hydrogen-bond donors (Lipinski definition) is 0. The van der Waals surface area contributed by atoms with Gasteiger partial charge in [-0.05, 0) is 0 Å². The van der Waals surface area contributed by atoms with E-state index >= 15 is 0 Å². The third-order valence-corrected chi connectivity index (χ3v) is 4.37. The van der Waals surface area contributed by atoms with Gasteiger partial charge in [-0.2, -0.15) is 0 Å². The zero-order valence-corrected chi connectivity index (χ0v) is 21.0. The van der Waals surface area contributed by atoms with E-state index in [9.17, 15) is 19.8 Å². The quantitative estimate of drug-likeness (QED) is 0.524. The van der Waals surface area contributed by atoms with E-state index in [0.717, 1.165) is 34.2 Å². The van der Waals surface area contributed by atoms with Crippen LogP contribution in [-0.2, 0) is 13.1 Å². The van der Waals surface area contributed by atoms with Crippen molar-refractivity contribution in [3.05, 3.63) is 107 Å². The Bertz CT molecular complexity index is 937. The molecule has 0 saturated heterocycles. The van der Waals surface area contributed by atoms with Gasteiger partial charge in [-0.1, -0.05) is 84.9 Å². The van der Waals surface area contributed by atoms with Crippen molar-refractivity contribution in [3.8, 4) is 0 Å². The second kappa shape index (κ2) is 13.3. The summed E-state index contributed by atoms with van der Waals surface area (Å²) < 4.78 is 1.98. The highest BCUT2D eigenvalue weighted by Crippen LogP contribution is 2.07. The standard InChI is InChI=1S/2C10H16N.C8H6O4/c2*1-11(2,3)9-10-7-5-4-6-8-10;9-7(10)5-3-1-2-4-6(5)8(11)12/h2*4-8H,9H2,1-3H3;1-4H,(H,9,10)(H,11,12)/q2*+1;/p-2. The van der Waals surface area contributed by atoms with Crippen LogP contribution in [0.1, 0.15) is 31.8 Å². The third-order valence-electron chi connectivity index (χ3n) is 4.37. The predicted octanol–water partition coefficient (Wildman–Crippen LogP) is 2.20. The van der Waals surface area contributed by atoms with Crippen LogP contribution in [0.15, 0.2) is 84.9 Å². The fourth-order valence-electron chi connectivity index (χ4n) is 3.10. The summed E-state index contributed by atoms with van der Waals surface area (Å²) in [5.41, 5.74) is 2.08. The van der Waals surface area contributed by atoms with E-state index in [1.54, 1.807) is 0 Å². The van der Waals surface area contributed by atoms with Gasteiger partial charge < -0.3 is 28.8 Å². The van der Waals surface area contributed by atoms with Crippen LogP contribution in [0.2, 0.25) is 0 Å². The summed E-state index contributed by atoms with van der Waals surface area (Å²) >= 11 is 0. The minimum atomic E-state index is -1.52. The number of hydrogen-bond acceptors (Lipinski definition) is 4. The number of quaternary nitrogens is 2. The molecule has 3 rings (SSSR count). The van der Waals surface area contributed by atoms with Crippen LogP contribution in [0.3, 0.4) is 0 Å². The lowest BCUT2D eigenvalue weighted by atomic mass is 10.1. The Hall–Kier alpha value is -3.48. The molecule has 0 atom stereocenters. The molecule has 0 aliphatic rings. The average Bonchev–Trinajstić information content (AvgIpc) is 2.74. The average molecular weight is 465 g/mol. The summed E-state index contributed by atoms with van der Waals surface area (Å²) in [5.74, 6) is -3.04. The van der Waals surface area contributed by atoms with E-state index in [-0.39, 0.29) is 11.1 Å². The maximum absolute atomic E-state index is 10.3. The van der Waals surface area contributed by atoms with Crippen LogP contribution < -0.4 is 10.2 Å². The normalized spacial score (nSPS) is 10.8. The van der Waals surface area contributed by atoms with Gasteiger partial charge >= 0.3 is 0 Å². The maximum atomic E-state index is 10.3. The van der Waals surface area contributed by atoms with E-state index in [2.05, 4.69) is 103 Å². The lowest BCUT2D eigenvalue weighted by Gasteiger charge is -2.23. The highest BCUT2D eigenvalue weighted by molar-refractivity contribution is 5.99. The van der Waals surface area contributed by atoms with Gasteiger partial charge in [-0.25, -0.2) is 0 Å². The molecule has 0 spiro atoms. The Morgan fingerprint density at radius 1 is 0.529 bits per heavy atom. The lowest BCUT2D eigenvalue weighted by molar-refractivity contribution is -0.884. The second-order valence-electron chi connectivity index (χ2n) is 9.99. The minimum absolute atomic E-state index is 0.363. The fourth-order valence-corrected chi connectivity index (χ4v) is 3.10. The molecule has 0 unspecified atom stereocenters. The SMILES string of the molecule is C[N+](C)(C)Cc1ccccc1.C[N+](C)(C)Cc1ccccc1.O=C([O-])c1ccccc1C(=O)[O-]. The fraction of sp³-hybridized carbons (Fsp3) is 0.286. The van der Waals surface area contributed by atoms with Crippen molar-refractivity contribution in [2.24, 2.45) is 0 Å². The van der Waals surface area contributed by atoms with Gasteiger partial charge in [0.2, 0.25) is 0 Å².